The minimum absolute atomic E-state index is 0. The zero-order valence-corrected chi connectivity index (χ0v) is 3.99. The van der Waals surface area contributed by atoms with Crippen molar-refractivity contribution in [2.45, 2.75) is 34.6 Å². The van der Waals surface area contributed by atoms with Crippen molar-refractivity contribution in [2.24, 2.45) is 5.92 Å². The Hall–Kier alpha value is 0. The van der Waals surface area contributed by atoms with Crippen molar-refractivity contribution in [1.29, 1.82) is 0 Å². The van der Waals surface area contributed by atoms with Gasteiger partial charge in [-0.05, 0) is 5.92 Å². The summed E-state index contributed by atoms with van der Waals surface area (Å²) in [5, 5.41) is 0. The standard InChI is InChI=1S/C5H12.CH4/c1-4-5(2)3;/h5H,4H2,1-3H3;1H4/i1D;. The summed E-state index contributed by atoms with van der Waals surface area (Å²) in [7, 11) is 0. The first-order chi connectivity index (χ1) is 2.77. The van der Waals surface area contributed by atoms with Crippen molar-refractivity contribution in [2.75, 3.05) is 0 Å². The highest BCUT2D eigenvalue weighted by atomic mass is 13.9. The molecule has 0 bridgehead atoms. The summed E-state index contributed by atoms with van der Waals surface area (Å²) >= 11 is 0. The van der Waals surface area contributed by atoms with Crippen LogP contribution in [-0.2, 0) is 0 Å². The number of rotatable bonds is 1. The molecule has 6 heavy (non-hydrogen) atoms. The quantitative estimate of drug-likeness (QED) is 0.463. The normalized spacial score (nSPS) is 10.2. The van der Waals surface area contributed by atoms with E-state index in [-0.39, 0.29) is 7.43 Å². The molecular formula is C6H16. The molecule has 0 saturated heterocycles. The fraction of sp³-hybridized carbons (Fsp3) is 1.00. The van der Waals surface area contributed by atoms with Gasteiger partial charge in [0.2, 0.25) is 0 Å². The molecule has 0 unspecified atom stereocenters. The maximum Gasteiger partial charge on any atom is 0.0230 e. The van der Waals surface area contributed by atoms with Crippen molar-refractivity contribution in [3.05, 3.63) is 0 Å². The maximum atomic E-state index is 6.73. The monoisotopic (exact) mass is 89.1 g/mol. The first-order valence-electron chi connectivity index (χ1n) is 2.77. The van der Waals surface area contributed by atoms with Gasteiger partial charge in [-0.3, -0.25) is 0 Å². The van der Waals surface area contributed by atoms with Crippen LogP contribution in [-0.4, -0.2) is 0 Å². The predicted octanol–water partition coefficient (Wildman–Crippen LogP) is 2.69. The summed E-state index contributed by atoms with van der Waals surface area (Å²) in [6.07, 6.45) is 1.04. The van der Waals surface area contributed by atoms with E-state index in [4.69, 9.17) is 1.37 Å². The lowest BCUT2D eigenvalue weighted by Gasteiger charge is -1.90. The Morgan fingerprint density at radius 2 is 2.17 bits per heavy atom. The second-order valence-electron chi connectivity index (χ2n) is 1.68. The molecule has 0 rings (SSSR count). The minimum atomic E-state index is 0. The average molecular weight is 89.2 g/mol. The Kier molecular flexibility index (Phi) is 5.00. The summed E-state index contributed by atoms with van der Waals surface area (Å²) in [6.45, 7) is 4.85. The van der Waals surface area contributed by atoms with Crippen LogP contribution in [0.1, 0.15) is 36.0 Å². The topological polar surface area (TPSA) is 0 Å². The van der Waals surface area contributed by atoms with E-state index in [1.807, 2.05) is 0 Å². The van der Waals surface area contributed by atoms with E-state index in [1.54, 1.807) is 0 Å². The van der Waals surface area contributed by atoms with Gasteiger partial charge in [-0.15, -0.1) is 0 Å². The van der Waals surface area contributed by atoms with E-state index in [1.165, 1.54) is 0 Å². The molecule has 0 heteroatoms. The molecule has 40 valence electrons. The largest absolute Gasteiger partial charge is 0.0776 e. The molecule has 0 N–H and O–H groups in total. The molecule has 0 saturated carbocycles. The lowest BCUT2D eigenvalue weighted by Crippen LogP contribution is -1.77. The highest BCUT2D eigenvalue weighted by Gasteiger charge is 1.80. The number of hydrogen-bond donors (Lipinski definition) is 0. The molecule has 0 heterocycles. The average Bonchev–Trinajstić information content (AvgIpc) is 1.35. The van der Waals surface area contributed by atoms with E-state index >= 15 is 0 Å². The predicted molar refractivity (Wildman–Crippen MR) is 31.9 cm³/mol. The van der Waals surface area contributed by atoms with Crippen LogP contribution >= 0.6 is 0 Å². The van der Waals surface area contributed by atoms with Gasteiger partial charge in [-0.2, -0.15) is 0 Å². The zero-order chi connectivity index (χ0) is 4.99. The molecule has 0 aromatic carbocycles. The van der Waals surface area contributed by atoms with E-state index in [0.717, 1.165) is 6.42 Å². The van der Waals surface area contributed by atoms with Crippen molar-refractivity contribution >= 4 is 0 Å². The lowest BCUT2D eigenvalue weighted by molar-refractivity contribution is 0.626. The van der Waals surface area contributed by atoms with Crippen LogP contribution in [0, 0.1) is 5.92 Å². The highest BCUT2D eigenvalue weighted by Crippen LogP contribution is 1.93. The Labute approximate surface area is 43.0 Å². The molecular weight excluding hydrogens is 72.1 g/mol. The van der Waals surface area contributed by atoms with E-state index in [0.29, 0.717) is 12.8 Å². The van der Waals surface area contributed by atoms with E-state index in [9.17, 15) is 0 Å². The summed E-state index contributed by atoms with van der Waals surface area (Å²) in [6, 6.07) is 0. The number of hydrogen-bond acceptors (Lipinski definition) is 0. The van der Waals surface area contributed by atoms with Gasteiger partial charge in [0.1, 0.15) is 0 Å². The maximum absolute atomic E-state index is 6.73. The fourth-order valence-corrected chi connectivity index (χ4v) is 0. The third-order valence-electron chi connectivity index (χ3n) is 0.577. The van der Waals surface area contributed by atoms with Gasteiger partial charge in [0.15, 0.2) is 0 Å². The fourth-order valence-electron chi connectivity index (χ4n) is 0. The van der Waals surface area contributed by atoms with Gasteiger partial charge in [-0.1, -0.05) is 34.6 Å². The first kappa shape index (κ1) is 6.00. The van der Waals surface area contributed by atoms with Crippen molar-refractivity contribution in [1.82, 2.24) is 0 Å². The van der Waals surface area contributed by atoms with Crippen molar-refractivity contribution in [3.63, 3.8) is 0 Å². The van der Waals surface area contributed by atoms with E-state index < -0.39 is 0 Å². The SMILES string of the molecule is C.[2H]CCC(C)C. The van der Waals surface area contributed by atoms with Crippen LogP contribution in [0.4, 0.5) is 0 Å². The minimum Gasteiger partial charge on any atom is -0.0776 e. The van der Waals surface area contributed by atoms with E-state index in [2.05, 4.69) is 13.8 Å². The van der Waals surface area contributed by atoms with Crippen molar-refractivity contribution < 1.29 is 1.37 Å². The molecule has 0 aliphatic heterocycles. The summed E-state index contributed by atoms with van der Waals surface area (Å²) in [4.78, 5) is 0. The Morgan fingerprint density at radius 1 is 1.67 bits per heavy atom. The Bertz CT molecular complexity index is 25.4. The molecule has 0 radical (unpaired) electrons. The van der Waals surface area contributed by atoms with Crippen LogP contribution < -0.4 is 0 Å². The lowest BCUT2D eigenvalue weighted by atomic mass is 10.2. The molecule has 0 spiro atoms. The van der Waals surface area contributed by atoms with Crippen LogP contribution in [0.5, 0.6) is 0 Å². The smallest absolute Gasteiger partial charge is 0.0230 e. The van der Waals surface area contributed by atoms with Gasteiger partial charge in [0, 0.05) is 1.37 Å². The third-order valence-corrected chi connectivity index (χ3v) is 0.577. The van der Waals surface area contributed by atoms with Gasteiger partial charge < -0.3 is 0 Å². The molecule has 0 nitrogen and oxygen atoms in total. The Morgan fingerprint density at radius 3 is 2.17 bits per heavy atom. The second-order valence-corrected chi connectivity index (χ2v) is 1.68. The molecule has 0 aromatic rings. The Balaban J connectivity index is 0. The van der Waals surface area contributed by atoms with Gasteiger partial charge in [0.05, 0.1) is 0 Å². The summed E-state index contributed by atoms with van der Waals surface area (Å²) in [5.74, 6) is 0.711. The summed E-state index contributed by atoms with van der Waals surface area (Å²) in [5.41, 5.74) is 0. The van der Waals surface area contributed by atoms with Crippen LogP contribution in [0.3, 0.4) is 0 Å². The molecule has 0 aliphatic carbocycles. The van der Waals surface area contributed by atoms with Crippen LogP contribution in [0.2, 0.25) is 0 Å². The van der Waals surface area contributed by atoms with Gasteiger partial charge in [-0.25, -0.2) is 0 Å². The highest BCUT2D eigenvalue weighted by molar-refractivity contribution is 4.32. The second kappa shape index (κ2) is 5.00. The molecule has 0 atom stereocenters. The van der Waals surface area contributed by atoms with Crippen LogP contribution in [0.25, 0.3) is 0 Å². The third kappa shape index (κ3) is 9.00. The molecule has 0 aromatic heterocycles. The molecule has 0 fully saturated rings. The zero-order valence-electron chi connectivity index (χ0n) is 4.99. The van der Waals surface area contributed by atoms with Crippen molar-refractivity contribution in [3.8, 4) is 0 Å². The molecule has 0 amide bonds. The van der Waals surface area contributed by atoms with Crippen LogP contribution in [0.15, 0.2) is 0 Å². The van der Waals surface area contributed by atoms with Gasteiger partial charge in [0.25, 0.3) is 0 Å². The summed E-state index contributed by atoms with van der Waals surface area (Å²) < 4.78 is 6.73. The first-order valence-corrected chi connectivity index (χ1v) is 2.06. The van der Waals surface area contributed by atoms with Gasteiger partial charge >= 0.3 is 0 Å². The molecule has 0 aliphatic rings.